The Labute approximate surface area is 167 Å². The number of rotatable bonds is 5. The van der Waals surface area contributed by atoms with Crippen molar-refractivity contribution in [2.24, 2.45) is 0 Å². The summed E-state index contributed by atoms with van der Waals surface area (Å²) in [6.07, 6.45) is 3.21. The number of fused-ring (bicyclic) bond motifs is 1. The Hall–Kier alpha value is -3.05. The van der Waals surface area contributed by atoms with Crippen molar-refractivity contribution in [3.8, 4) is 0 Å². The lowest BCUT2D eigenvalue weighted by molar-refractivity contribution is 0.0686. The van der Waals surface area contributed by atoms with E-state index in [0.29, 0.717) is 17.5 Å². The van der Waals surface area contributed by atoms with E-state index in [2.05, 4.69) is 18.8 Å². The Morgan fingerprint density at radius 2 is 1.93 bits per heavy atom. The summed E-state index contributed by atoms with van der Waals surface area (Å²) in [5, 5.41) is 11.0. The second kappa shape index (κ2) is 6.84. The maximum atomic E-state index is 11.7. The number of benzene rings is 2. The third-order valence-corrected chi connectivity index (χ3v) is 5.30. The number of hydrogen-bond acceptors (Lipinski definition) is 3. The molecule has 6 heteroatoms. The van der Waals surface area contributed by atoms with Crippen LogP contribution >= 0.6 is 11.6 Å². The SMILES string of the molecule is CC(C)(c1ccc(Cn2c(C(=O)O)cc3ccc(Cl)cc32)cc1)c1ncco1. The van der Waals surface area contributed by atoms with E-state index >= 15 is 0 Å². The monoisotopic (exact) mass is 394 g/mol. The summed E-state index contributed by atoms with van der Waals surface area (Å²) in [4.78, 5) is 16.0. The van der Waals surface area contributed by atoms with E-state index in [1.165, 1.54) is 0 Å². The van der Waals surface area contributed by atoms with Crippen LogP contribution in [0.1, 0.15) is 41.4 Å². The molecule has 0 saturated carbocycles. The molecule has 4 aromatic rings. The number of nitrogens with zero attached hydrogens (tertiary/aromatic N) is 2. The molecule has 0 atom stereocenters. The zero-order valence-electron chi connectivity index (χ0n) is 15.5. The smallest absolute Gasteiger partial charge is 0.352 e. The molecule has 0 aliphatic carbocycles. The van der Waals surface area contributed by atoms with Gasteiger partial charge >= 0.3 is 5.97 Å². The number of carboxylic acids is 1. The van der Waals surface area contributed by atoms with Gasteiger partial charge in [0, 0.05) is 17.0 Å². The van der Waals surface area contributed by atoms with Gasteiger partial charge in [-0.3, -0.25) is 0 Å². The van der Waals surface area contributed by atoms with Crippen molar-refractivity contribution in [2.45, 2.75) is 25.8 Å². The topological polar surface area (TPSA) is 68.3 Å². The first-order chi connectivity index (χ1) is 13.4. The number of hydrogen-bond donors (Lipinski definition) is 1. The number of carboxylic acid groups (broad SMARTS) is 1. The van der Waals surface area contributed by atoms with Crippen LogP contribution in [0.15, 0.2) is 65.4 Å². The average molecular weight is 395 g/mol. The fourth-order valence-corrected chi connectivity index (χ4v) is 3.61. The van der Waals surface area contributed by atoms with Crippen molar-refractivity contribution in [2.75, 3.05) is 0 Å². The summed E-state index contributed by atoms with van der Waals surface area (Å²) < 4.78 is 7.25. The van der Waals surface area contributed by atoms with E-state index in [9.17, 15) is 9.90 Å². The zero-order chi connectivity index (χ0) is 19.9. The number of halogens is 1. The summed E-state index contributed by atoms with van der Waals surface area (Å²) in [5.41, 5.74) is 2.74. The van der Waals surface area contributed by atoms with Crippen LogP contribution < -0.4 is 0 Å². The number of carbonyl (C=O) groups is 1. The summed E-state index contributed by atoms with van der Waals surface area (Å²) >= 11 is 6.13. The van der Waals surface area contributed by atoms with Crippen LogP contribution in [-0.2, 0) is 12.0 Å². The molecule has 0 unspecified atom stereocenters. The molecule has 28 heavy (non-hydrogen) atoms. The van der Waals surface area contributed by atoms with Gasteiger partial charge in [-0.1, -0.05) is 41.9 Å². The lowest BCUT2D eigenvalue weighted by atomic mass is 9.84. The van der Waals surface area contributed by atoms with Gasteiger partial charge in [-0.25, -0.2) is 9.78 Å². The van der Waals surface area contributed by atoms with E-state index in [0.717, 1.165) is 22.0 Å². The van der Waals surface area contributed by atoms with Crippen LogP contribution in [0.25, 0.3) is 10.9 Å². The molecule has 0 spiro atoms. The summed E-state index contributed by atoms with van der Waals surface area (Å²) in [6, 6.07) is 15.1. The van der Waals surface area contributed by atoms with Gasteiger partial charge in [0.1, 0.15) is 12.0 Å². The Morgan fingerprint density at radius 3 is 2.57 bits per heavy atom. The van der Waals surface area contributed by atoms with E-state index in [-0.39, 0.29) is 11.1 Å². The minimum absolute atomic E-state index is 0.237. The third-order valence-electron chi connectivity index (χ3n) is 5.07. The molecular weight excluding hydrogens is 376 g/mol. The van der Waals surface area contributed by atoms with Gasteiger partial charge in [-0.05, 0) is 43.2 Å². The van der Waals surface area contributed by atoms with Crippen molar-refractivity contribution >= 4 is 28.5 Å². The van der Waals surface area contributed by atoms with Crippen LogP contribution in [0.5, 0.6) is 0 Å². The average Bonchev–Trinajstić information content (AvgIpc) is 3.31. The fraction of sp³-hybridized carbons (Fsp3) is 0.182. The lowest BCUT2D eigenvalue weighted by Gasteiger charge is -2.21. The Balaban J connectivity index is 1.69. The minimum atomic E-state index is -0.964. The van der Waals surface area contributed by atoms with Gasteiger partial charge in [0.25, 0.3) is 0 Å². The first-order valence-electron chi connectivity index (χ1n) is 8.88. The van der Waals surface area contributed by atoms with E-state index in [4.69, 9.17) is 16.0 Å². The molecule has 0 fully saturated rings. The zero-order valence-corrected chi connectivity index (χ0v) is 16.3. The number of aromatic carboxylic acids is 1. The van der Waals surface area contributed by atoms with Crippen molar-refractivity contribution in [3.05, 3.63) is 88.7 Å². The maximum Gasteiger partial charge on any atom is 0.352 e. The van der Waals surface area contributed by atoms with Gasteiger partial charge in [0.05, 0.1) is 17.1 Å². The summed E-state index contributed by atoms with van der Waals surface area (Å²) in [7, 11) is 0. The first-order valence-corrected chi connectivity index (χ1v) is 9.25. The fourth-order valence-electron chi connectivity index (χ4n) is 3.44. The summed E-state index contributed by atoms with van der Waals surface area (Å²) in [6.45, 7) is 4.54. The van der Waals surface area contributed by atoms with Crippen molar-refractivity contribution in [1.29, 1.82) is 0 Å². The highest BCUT2D eigenvalue weighted by Crippen LogP contribution is 2.31. The predicted molar refractivity (Wildman–Crippen MR) is 108 cm³/mol. The van der Waals surface area contributed by atoms with Gasteiger partial charge < -0.3 is 14.1 Å². The van der Waals surface area contributed by atoms with Crippen LogP contribution in [0, 0.1) is 0 Å². The highest BCUT2D eigenvalue weighted by molar-refractivity contribution is 6.31. The molecule has 2 aromatic carbocycles. The second-order valence-corrected chi connectivity index (χ2v) is 7.72. The molecule has 0 amide bonds. The third kappa shape index (κ3) is 3.18. The van der Waals surface area contributed by atoms with E-state index in [1.54, 1.807) is 35.2 Å². The van der Waals surface area contributed by atoms with Crippen LogP contribution in [0.4, 0.5) is 0 Å². The normalized spacial score (nSPS) is 11.8. The first kappa shape index (κ1) is 18.3. The predicted octanol–water partition coefficient (Wildman–Crippen LogP) is 5.36. The molecule has 2 aromatic heterocycles. The second-order valence-electron chi connectivity index (χ2n) is 7.28. The maximum absolute atomic E-state index is 11.7. The minimum Gasteiger partial charge on any atom is -0.477 e. The van der Waals surface area contributed by atoms with Gasteiger partial charge in [0.2, 0.25) is 5.89 Å². The van der Waals surface area contributed by atoms with E-state index < -0.39 is 5.97 Å². The molecule has 4 rings (SSSR count). The van der Waals surface area contributed by atoms with Crippen molar-refractivity contribution < 1.29 is 14.3 Å². The number of oxazole rings is 1. The Morgan fingerprint density at radius 1 is 1.18 bits per heavy atom. The van der Waals surface area contributed by atoms with Gasteiger partial charge in [-0.2, -0.15) is 0 Å². The molecule has 0 aliphatic rings. The molecule has 0 aliphatic heterocycles. The quantitative estimate of drug-likeness (QED) is 0.495. The molecule has 5 nitrogen and oxygen atoms in total. The van der Waals surface area contributed by atoms with E-state index in [1.807, 2.05) is 30.3 Å². The molecule has 0 bridgehead atoms. The standard InChI is InChI=1S/C22H19ClN2O3/c1-22(2,21-24-9-10-28-21)16-6-3-14(4-7-16)13-25-18-12-17(23)8-5-15(18)11-19(25)20(26)27/h3-12H,13H2,1-2H3,(H,26,27). The van der Waals surface area contributed by atoms with Crippen molar-refractivity contribution in [3.63, 3.8) is 0 Å². The summed E-state index contributed by atoms with van der Waals surface area (Å²) in [5.74, 6) is -0.312. The van der Waals surface area contributed by atoms with Crippen molar-refractivity contribution in [1.82, 2.24) is 9.55 Å². The molecule has 2 heterocycles. The van der Waals surface area contributed by atoms with Gasteiger partial charge in [-0.15, -0.1) is 0 Å². The largest absolute Gasteiger partial charge is 0.477 e. The van der Waals surface area contributed by atoms with Gasteiger partial charge in [0.15, 0.2) is 0 Å². The molecule has 1 N–H and O–H groups in total. The van der Waals surface area contributed by atoms with Crippen LogP contribution in [0.2, 0.25) is 5.02 Å². The Kier molecular flexibility index (Phi) is 4.47. The molecule has 0 saturated heterocycles. The lowest BCUT2D eigenvalue weighted by Crippen LogP contribution is -2.19. The molecular formula is C22H19ClN2O3. The molecule has 142 valence electrons. The number of aromatic nitrogens is 2. The van der Waals surface area contributed by atoms with Crippen LogP contribution in [0.3, 0.4) is 0 Å². The highest BCUT2D eigenvalue weighted by Gasteiger charge is 2.27. The highest BCUT2D eigenvalue weighted by atomic mass is 35.5. The Bertz CT molecular complexity index is 1140. The molecule has 0 radical (unpaired) electrons. The van der Waals surface area contributed by atoms with Crippen LogP contribution in [-0.4, -0.2) is 20.6 Å².